The summed E-state index contributed by atoms with van der Waals surface area (Å²) in [6.07, 6.45) is 3.46. The molecule has 1 aromatic heterocycles. The van der Waals surface area contributed by atoms with Crippen molar-refractivity contribution in [2.24, 2.45) is 11.7 Å². The van der Waals surface area contributed by atoms with Gasteiger partial charge in [0.05, 0.1) is 5.69 Å². The monoisotopic (exact) mass is 271 g/mol. The number of hydrogen-bond acceptors (Lipinski definition) is 4. The second-order valence-corrected chi connectivity index (χ2v) is 6.25. The van der Waals surface area contributed by atoms with E-state index >= 15 is 0 Å². The standard InChI is InChI=1S/C10H13N3O2S2/c11-10(16)9-4-3-8(6-12-9)17(14,15)13-5-7-1-2-7/h3-4,6-7,13H,1-2,5H2,(H2,11,16). The lowest BCUT2D eigenvalue weighted by Crippen LogP contribution is -2.26. The molecule has 0 bridgehead atoms. The lowest BCUT2D eigenvalue weighted by atomic mass is 10.3. The van der Waals surface area contributed by atoms with Gasteiger partial charge in [-0.3, -0.25) is 4.98 Å². The van der Waals surface area contributed by atoms with Crippen molar-refractivity contribution in [2.45, 2.75) is 17.7 Å². The fourth-order valence-corrected chi connectivity index (χ4v) is 2.50. The molecule has 0 atom stereocenters. The van der Waals surface area contributed by atoms with Gasteiger partial charge in [-0.15, -0.1) is 0 Å². The van der Waals surface area contributed by atoms with Crippen LogP contribution in [-0.4, -0.2) is 24.9 Å². The Bertz CT molecular complexity index is 521. The zero-order valence-electron chi connectivity index (χ0n) is 9.09. The van der Waals surface area contributed by atoms with E-state index < -0.39 is 10.0 Å². The predicted molar refractivity (Wildman–Crippen MR) is 68.0 cm³/mol. The molecule has 5 nitrogen and oxygen atoms in total. The maximum atomic E-state index is 11.8. The summed E-state index contributed by atoms with van der Waals surface area (Å²) in [5, 5.41) is 0. The quantitative estimate of drug-likeness (QED) is 0.757. The number of nitrogens with zero attached hydrogens (tertiary/aromatic N) is 1. The average molecular weight is 271 g/mol. The first-order valence-electron chi connectivity index (χ1n) is 5.24. The Morgan fingerprint density at radius 2 is 2.24 bits per heavy atom. The van der Waals surface area contributed by atoms with Crippen molar-refractivity contribution in [3.8, 4) is 0 Å². The van der Waals surface area contributed by atoms with E-state index in [1.807, 2.05) is 0 Å². The first-order valence-corrected chi connectivity index (χ1v) is 7.14. The van der Waals surface area contributed by atoms with Crippen molar-refractivity contribution >= 4 is 27.2 Å². The SMILES string of the molecule is NC(=S)c1ccc(S(=O)(=O)NCC2CC2)cn1. The summed E-state index contributed by atoms with van der Waals surface area (Å²) in [5.41, 5.74) is 5.80. The molecule has 1 aliphatic rings. The third-order valence-corrected chi connectivity index (χ3v) is 4.18. The normalized spacial score (nSPS) is 15.8. The molecule has 0 spiro atoms. The second-order valence-electron chi connectivity index (χ2n) is 4.04. The molecule has 1 heterocycles. The Morgan fingerprint density at radius 3 is 2.71 bits per heavy atom. The molecule has 3 N–H and O–H groups in total. The molecule has 0 amide bonds. The number of rotatable bonds is 5. The van der Waals surface area contributed by atoms with Gasteiger partial charge in [0, 0.05) is 12.7 Å². The highest BCUT2D eigenvalue weighted by Crippen LogP contribution is 2.28. The number of pyridine rings is 1. The molecule has 92 valence electrons. The summed E-state index contributed by atoms with van der Waals surface area (Å²) in [6, 6.07) is 2.96. The van der Waals surface area contributed by atoms with E-state index in [-0.39, 0.29) is 9.88 Å². The van der Waals surface area contributed by atoms with Crippen LogP contribution >= 0.6 is 12.2 Å². The molecule has 1 aliphatic carbocycles. The maximum absolute atomic E-state index is 11.8. The summed E-state index contributed by atoms with van der Waals surface area (Å²) < 4.78 is 26.2. The van der Waals surface area contributed by atoms with Crippen LogP contribution in [-0.2, 0) is 10.0 Å². The van der Waals surface area contributed by atoms with Crippen LogP contribution in [0.5, 0.6) is 0 Å². The largest absolute Gasteiger partial charge is 0.388 e. The first-order chi connectivity index (χ1) is 7.99. The molecule has 7 heteroatoms. The van der Waals surface area contributed by atoms with Crippen molar-refractivity contribution in [3.63, 3.8) is 0 Å². The van der Waals surface area contributed by atoms with Crippen LogP contribution in [0.15, 0.2) is 23.2 Å². The molecule has 2 rings (SSSR count). The van der Waals surface area contributed by atoms with Crippen LogP contribution in [0.2, 0.25) is 0 Å². The van der Waals surface area contributed by atoms with Crippen molar-refractivity contribution in [2.75, 3.05) is 6.54 Å². The molecular weight excluding hydrogens is 258 g/mol. The molecule has 1 saturated carbocycles. The Morgan fingerprint density at radius 1 is 1.53 bits per heavy atom. The highest BCUT2D eigenvalue weighted by molar-refractivity contribution is 7.89. The molecule has 0 aromatic carbocycles. The molecule has 0 aliphatic heterocycles. The topological polar surface area (TPSA) is 85.1 Å². The van der Waals surface area contributed by atoms with Gasteiger partial charge in [-0.05, 0) is 30.9 Å². The summed E-state index contributed by atoms with van der Waals surface area (Å²) in [6.45, 7) is 0.499. The molecule has 1 aromatic rings. The number of sulfonamides is 1. The Kier molecular flexibility index (Phi) is 3.41. The van der Waals surface area contributed by atoms with E-state index in [9.17, 15) is 8.42 Å². The lowest BCUT2D eigenvalue weighted by Gasteiger charge is -2.06. The number of aromatic nitrogens is 1. The third kappa shape index (κ3) is 3.21. The van der Waals surface area contributed by atoms with Crippen LogP contribution < -0.4 is 10.5 Å². The first kappa shape index (κ1) is 12.4. The third-order valence-electron chi connectivity index (χ3n) is 2.56. The molecule has 0 radical (unpaired) electrons. The van der Waals surface area contributed by atoms with Gasteiger partial charge in [0.1, 0.15) is 9.88 Å². The maximum Gasteiger partial charge on any atom is 0.242 e. The average Bonchev–Trinajstić information content (AvgIpc) is 3.10. The summed E-state index contributed by atoms with van der Waals surface area (Å²) in [7, 11) is -3.45. The number of nitrogens with one attached hydrogen (secondary N) is 1. The van der Waals surface area contributed by atoms with E-state index in [0.717, 1.165) is 12.8 Å². The molecular formula is C10H13N3O2S2. The van der Waals surface area contributed by atoms with Gasteiger partial charge in [0.25, 0.3) is 0 Å². The minimum atomic E-state index is -3.45. The Balaban J connectivity index is 2.11. The van der Waals surface area contributed by atoms with Crippen LogP contribution in [0.1, 0.15) is 18.5 Å². The van der Waals surface area contributed by atoms with Crippen LogP contribution in [0.25, 0.3) is 0 Å². The van der Waals surface area contributed by atoms with Crippen molar-refractivity contribution in [1.29, 1.82) is 0 Å². The fourth-order valence-electron chi connectivity index (χ4n) is 1.32. The van der Waals surface area contributed by atoms with Crippen LogP contribution in [0.3, 0.4) is 0 Å². The van der Waals surface area contributed by atoms with E-state index in [1.165, 1.54) is 18.3 Å². The van der Waals surface area contributed by atoms with Gasteiger partial charge in [-0.2, -0.15) is 0 Å². The predicted octanol–water partition coefficient (Wildman–Crippen LogP) is 0.404. The van der Waals surface area contributed by atoms with Crippen molar-refractivity contribution < 1.29 is 8.42 Å². The smallest absolute Gasteiger partial charge is 0.242 e. The zero-order chi connectivity index (χ0) is 12.5. The van der Waals surface area contributed by atoms with Crippen molar-refractivity contribution in [3.05, 3.63) is 24.0 Å². The highest BCUT2D eigenvalue weighted by Gasteiger charge is 2.24. The lowest BCUT2D eigenvalue weighted by molar-refractivity contribution is 0.577. The molecule has 17 heavy (non-hydrogen) atoms. The molecule has 1 fully saturated rings. The van der Waals surface area contributed by atoms with E-state index in [4.69, 9.17) is 18.0 Å². The van der Waals surface area contributed by atoms with Gasteiger partial charge in [-0.25, -0.2) is 13.1 Å². The second kappa shape index (κ2) is 4.67. The van der Waals surface area contributed by atoms with Gasteiger partial charge in [0.15, 0.2) is 0 Å². The Labute approximate surface area is 105 Å². The summed E-state index contributed by atoms with van der Waals surface area (Å²) in [5.74, 6) is 0.494. The van der Waals surface area contributed by atoms with E-state index in [0.29, 0.717) is 18.2 Å². The van der Waals surface area contributed by atoms with Crippen LogP contribution in [0, 0.1) is 5.92 Å². The van der Waals surface area contributed by atoms with Gasteiger partial charge >= 0.3 is 0 Å². The zero-order valence-corrected chi connectivity index (χ0v) is 10.7. The Hall–Kier alpha value is -1.05. The van der Waals surface area contributed by atoms with Gasteiger partial charge in [-0.1, -0.05) is 12.2 Å². The van der Waals surface area contributed by atoms with Crippen LogP contribution in [0.4, 0.5) is 0 Å². The highest BCUT2D eigenvalue weighted by atomic mass is 32.2. The number of hydrogen-bond donors (Lipinski definition) is 2. The number of thiocarbonyl (C=S) groups is 1. The summed E-state index contributed by atoms with van der Waals surface area (Å²) in [4.78, 5) is 4.19. The minimum absolute atomic E-state index is 0.137. The van der Waals surface area contributed by atoms with Gasteiger partial charge in [0.2, 0.25) is 10.0 Å². The fraction of sp³-hybridized carbons (Fsp3) is 0.400. The minimum Gasteiger partial charge on any atom is -0.388 e. The van der Waals surface area contributed by atoms with E-state index in [2.05, 4.69) is 9.71 Å². The molecule has 0 saturated heterocycles. The van der Waals surface area contributed by atoms with Gasteiger partial charge < -0.3 is 5.73 Å². The molecule has 0 unspecified atom stereocenters. The van der Waals surface area contributed by atoms with Crippen molar-refractivity contribution in [1.82, 2.24) is 9.71 Å². The van der Waals surface area contributed by atoms with E-state index in [1.54, 1.807) is 0 Å². The number of nitrogens with two attached hydrogens (primary N) is 1. The summed E-state index contributed by atoms with van der Waals surface area (Å²) >= 11 is 4.74.